The molecular formula is C17H23N3O3S2. The maximum atomic E-state index is 12.3. The van der Waals surface area contributed by atoms with E-state index in [0.29, 0.717) is 11.2 Å². The Kier molecular flexibility index (Phi) is 5.29. The molecule has 2 amide bonds. The van der Waals surface area contributed by atoms with Crippen LogP contribution in [0.5, 0.6) is 0 Å². The Morgan fingerprint density at radius 1 is 1.24 bits per heavy atom. The summed E-state index contributed by atoms with van der Waals surface area (Å²) >= 11 is 1.14. The molecule has 0 aliphatic heterocycles. The number of aromatic nitrogens is 1. The lowest BCUT2D eigenvalue weighted by Gasteiger charge is -2.22. The average Bonchev–Trinajstić information content (AvgIpc) is 2.99. The van der Waals surface area contributed by atoms with Crippen LogP contribution >= 0.6 is 11.3 Å². The number of urea groups is 1. The number of thiazole rings is 1. The summed E-state index contributed by atoms with van der Waals surface area (Å²) in [6.07, 6.45) is 5.61. The number of anilines is 1. The van der Waals surface area contributed by atoms with Gasteiger partial charge in [0.05, 0.1) is 15.5 Å². The van der Waals surface area contributed by atoms with Gasteiger partial charge < -0.3 is 10.6 Å². The highest BCUT2D eigenvalue weighted by Gasteiger charge is 2.23. The molecule has 0 unspecified atom stereocenters. The summed E-state index contributed by atoms with van der Waals surface area (Å²) in [5.41, 5.74) is 1.26. The van der Waals surface area contributed by atoms with E-state index < -0.39 is 15.1 Å². The molecule has 0 spiro atoms. The second kappa shape index (κ2) is 7.29. The van der Waals surface area contributed by atoms with Crippen LogP contribution in [0.2, 0.25) is 0 Å². The SMILES string of the molecule is CC(C)S(=O)(=O)c1nc2ccc(NC(=O)NC3CCCCC3)cc2s1. The molecule has 1 aliphatic rings. The summed E-state index contributed by atoms with van der Waals surface area (Å²) in [6, 6.07) is 5.28. The fourth-order valence-electron chi connectivity index (χ4n) is 2.90. The van der Waals surface area contributed by atoms with E-state index in [2.05, 4.69) is 15.6 Å². The molecule has 6 nitrogen and oxygen atoms in total. The molecule has 0 bridgehead atoms. The van der Waals surface area contributed by atoms with Crippen LogP contribution in [0, 0.1) is 0 Å². The van der Waals surface area contributed by atoms with Gasteiger partial charge in [-0.05, 0) is 44.9 Å². The number of carbonyl (C=O) groups is 1. The first-order valence-corrected chi connectivity index (χ1v) is 10.9. The maximum Gasteiger partial charge on any atom is 0.319 e. The second-order valence-corrected chi connectivity index (χ2v) is 10.4. The van der Waals surface area contributed by atoms with Crippen molar-refractivity contribution < 1.29 is 13.2 Å². The quantitative estimate of drug-likeness (QED) is 0.840. The highest BCUT2D eigenvalue weighted by molar-refractivity contribution is 7.94. The fourth-order valence-corrected chi connectivity index (χ4v) is 5.58. The zero-order valence-corrected chi connectivity index (χ0v) is 16.0. The molecule has 1 fully saturated rings. The molecule has 1 aliphatic carbocycles. The summed E-state index contributed by atoms with van der Waals surface area (Å²) in [5.74, 6) is 0. The van der Waals surface area contributed by atoms with Gasteiger partial charge in [-0.3, -0.25) is 0 Å². The molecule has 0 saturated heterocycles. The minimum absolute atomic E-state index is 0.126. The van der Waals surface area contributed by atoms with E-state index in [1.54, 1.807) is 32.0 Å². The standard InChI is InChI=1S/C17H23N3O3S2/c1-11(2)25(22,23)17-20-14-9-8-13(10-15(14)24-17)19-16(21)18-12-6-4-3-5-7-12/h8-12H,3-7H2,1-2H3,(H2,18,19,21). The van der Waals surface area contributed by atoms with Gasteiger partial charge in [0, 0.05) is 11.7 Å². The summed E-state index contributed by atoms with van der Waals surface area (Å²) in [5, 5.41) is 5.33. The molecule has 1 aromatic heterocycles. The van der Waals surface area contributed by atoms with Gasteiger partial charge in [0.25, 0.3) is 0 Å². The number of nitrogens with zero attached hydrogens (tertiary/aromatic N) is 1. The molecule has 0 atom stereocenters. The van der Waals surface area contributed by atoms with Gasteiger partial charge in [-0.25, -0.2) is 18.2 Å². The highest BCUT2D eigenvalue weighted by atomic mass is 32.2. The van der Waals surface area contributed by atoms with Crippen molar-refractivity contribution in [2.45, 2.75) is 61.6 Å². The smallest absolute Gasteiger partial charge is 0.319 e. The maximum absolute atomic E-state index is 12.3. The number of hydrogen-bond donors (Lipinski definition) is 2. The van der Waals surface area contributed by atoms with Gasteiger partial charge in [0.15, 0.2) is 0 Å². The first kappa shape index (κ1) is 18.1. The van der Waals surface area contributed by atoms with Crippen molar-refractivity contribution in [1.82, 2.24) is 10.3 Å². The molecule has 1 heterocycles. The van der Waals surface area contributed by atoms with Gasteiger partial charge in [-0.15, -0.1) is 11.3 Å². The Hall–Kier alpha value is -1.67. The van der Waals surface area contributed by atoms with Crippen molar-refractivity contribution in [3.8, 4) is 0 Å². The van der Waals surface area contributed by atoms with Crippen molar-refractivity contribution in [2.75, 3.05) is 5.32 Å². The Morgan fingerprint density at radius 3 is 2.64 bits per heavy atom. The lowest BCUT2D eigenvalue weighted by Crippen LogP contribution is -2.38. The predicted molar refractivity (Wildman–Crippen MR) is 101 cm³/mol. The average molecular weight is 382 g/mol. The van der Waals surface area contributed by atoms with Crippen LogP contribution in [0.25, 0.3) is 10.2 Å². The molecule has 0 radical (unpaired) electrons. The van der Waals surface area contributed by atoms with Crippen LogP contribution in [0.4, 0.5) is 10.5 Å². The molecule has 136 valence electrons. The summed E-state index contributed by atoms with van der Waals surface area (Å²) in [7, 11) is -3.39. The second-order valence-electron chi connectivity index (χ2n) is 6.69. The van der Waals surface area contributed by atoms with Gasteiger partial charge in [-0.2, -0.15) is 0 Å². The lowest BCUT2D eigenvalue weighted by molar-refractivity contribution is 0.244. The highest BCUT2D eigenvalue weighted by Crippen LogP contribution is 2.30. The Balaban J connectivity index is 1.73. The topological polar surface area (TPSA) is 88.2 Å². The van der Waals surface area contributed by atoms with E-state index in [0.717, 1.165) is 41.7 Å². The van der Waals surface area contributed by atoms with Gasteiger partial charge in [0.2, 0.25) is 14.2 Å². The van der Waals surface area contributed by atoms with Crippen LogP contribution in [0.15, 0.2) is 22.5 Å². The van der Waals surface area contributed by atoms with Crippen molar-refractivity contribution in [2.24, 2.45) is 0 Å². The zero-order chi connectivity index (χ0) is 18.0. The minimum atomic E-state index is -3.39. The number of nitrogens with one attached hydrogen (secondary N) is 2. The van der Waals surface area contributed by atoms with Crippen molar-refractivity contribution in [3.05, 3.63) is 18.2 Å². The minimum Gasteiger partial charge on any atom is -0.335 e. The Morgan fingerprint density at radius 2 is 1.96 bits per heavy atom. The van der Waals surface area contributed by atoms with E-state index in [1.165, 1.54) is 6.42 Å². The number of benzene rings is 1. The first-order chi connectivity index (χ1) is 11.9. The monoisotopic (exact) mass is 381 g/mol. The number of amides is 2. The number of sulfone groups is 1. The summed E-state index contributed by atoms with van der Waals surface area (Å²) in [4.78, 5) is 16.4. The van der Waals surface area contributed by atoms with E-state index >= 15 is 0 Å². The van der Waals surface area contributed by atoms with Gasteiger partial charge in [0.1, 0.15) is 0 Å². The third kappa shape index (κ3) is 4.12. The van der Waals surface area contributed by atoms with Crippen molar-refractivity contribution >= 4 is 43.1 Å². The Labute approximate surface area is 152 Å². The van der Waals surface area contributed by atoms with Crippen LogP contribution in [-0.2, 0) is 9.84 Å². The largest absolute Gasteiger partial charge is 0.335 e. The molecule has 25 heavy (non-hydrogen) atoms. The molecule has 1 aromatic carbocycles. The van der Waals surface area contributed by atoms with Gasteiger partial charge in [-0.1, -0.05) is 19.3 Å². The van der Waals surface area contributed by atoms with E-state index in [1.807, 2.05) is 0 Å². The molecular weight excluding hydrogens is 358 g/mol. The fraction of sp³-hybridized carbons (Fsp3) is 0.529. The number of carbonyl (C=O) groups excluding carboxylic acids is 1. The number of rotatable bonds is 4. The van der Waals surface area contributed by atoms with Crippen molar-refractivity contribution in [3.63, 3.8) is 0 Å². The Bertz CT molecular complexity index is 868. The predicted octanol–water partition coefficient (Wildman–Crippen LogP) is 3.93. The molecule has 3 rings (SSSR count). The summed E-state index contributed by atoms with van der Waals surface area (Å²) < 4.78 is 25.4. The molecule has 2 N–H and O–H groups in total. The lowest BCUT2D eigenvalue weighted by atomic mass is 9.96. The molecule has 8 heteroatoms. The first-order valence-electron chi connectivity index (χ1n) is 8.58. The number of hydrogen-bond acceptors (Lipinski definition) is 5. The third-order valence-electron chi connectivity index (χ3n) is 4.43. The number of fused-ring (bicyclic) bond motifs is 1. The third-order valence-corrected chi connectivity index (χ3v) is 8.01. The zero-order valence-electron chi connectivity index (χ0n) is 14.4. The van der Waals surface area contributed by atoms with E-state index in [9.17, 15) is 13.2 Å². The van der Waals surface area contributed by atoms with Crippen LogP contribution < -0.4 is 10.6 Å². The normalized spacial score (nSPS) is 16.3. The van der Waals surface area contributed by atoms with Crippen LogP contribution in [-0.4, -0.2) is 30.7 Å². The van der Waals surface area contributed by atoms with Crippen LogP contribution in [0.1, 0.15) is 46.0 Å². The van der Waals surface area contributed by atoms with Crippen LogP contribution in [0.3, 0.4) is 0 Å². The molecule has 1 saturated carbocycles. The van der Waals surface area contributed by atoms with E-state index in [4.69, 9.17) is 0 Å². The van der Waals surface area contributed by atoms with Gasteiger partial charge >= 0.3 is 6.03 Å². The van der Waals surface area contributed by atoms with E-state index in [-0.39, 0.29) is 16.4 Å². The molecule has 2 aromatic rings. The summed E-state index contributed by atoms with van der Waals surface area (Å²) in [6.45, 7) is 3.29. The van der Waals surface area contributed by atoms with Crippen molar-refractivity contribution in [1.29, 1.82) is 0 Å².